The highest BCUT2D eigenvalue weighted by Gasteiger charge is 2.65. The van der Waals surface area contributed by atoms with E-state index in [1.807, 2.05) is 19.2 Å². The second-order valence-corrected chi connectivity index (χ2v) is 22.0. The maximum absolute atomic E-state index is 11.3. The summed E-state index contributed by atoms with van der Waals surface area (Å²) in [6, 6.07) is 20.8. The van der Waals surface area contributed by atoms with E-state index in [1.54, 1.807) is 5.57 Å². The number of fused-ring (bicyclic) bond motifs is 2. The number of rotatable bonds is 9. The molecule has 0 amide bonds. The van der Waals surface area contributed by atoms with Gasteiger partial charge in [0.2, 0.25) is 0 Å². The molecule has 2 aromatic rings. The lowest BCUT2D eigenvalue weighted by Gasteiger charge is -2.44. The summed E-state index contributed by atoms with van der Waals surface area (Å²) in [4.78, 5) is 0. The second-order valence-electron chi connectivity index (χ2n) is 16.6. The van der Waals surface area contributed by atoms with Crippen molar-refractivity contribution in [3.8, 4) is 11.1 Å². The Balaban J connectivity index is 0.000000277. The topological polar surface area (TPSA) is 35.5 Å². The Morgan fingerprint density at radius 1 is 1.00 bits per heavy atom. The zero-order valence-electron chi connectivity index (χ0n) is 29.4. The van der Waals surface area contributed by atoms with Gasteiger partial charge in [-0.05, 0) is 110 Å². The molecule has 8 atom stereocenters. The van der Waals surface area contributed by atoms with Crippen molar-refractivity contribution in [1.29, 1.82) is 0 Å². The monoisotopic (exact) mass is 646 g/mol. The molecule has 246 valence electrons. The molecular weight excluding hydrogens is 587 g/mol. The van der Waals surface area contributed by atoms with Crippen LogP contribution in [0.25, 0.3) is 11.1 Å². The predicted octanol–water partition coefficient (Wildman–Crippen LogP) is 11.6. The molecule has 0 spiro atoms. The number of ether oxygens (including phenoxy) is 1. The highest BCUT2D eigenvalue weighted by Crippen LogP contribution is 2.68. The fourth-order valence-corrected chi connectivity index (χ4v) is 11.2. The van der Waals surface area contributed by atoms with Crippen LogP contribution in [0.15, 0.2) is 72.3 Å². The Labute approximate surface area is 277 Å². The Bertz CT molecular complexity index is 1270. The first kappa shape index (κ1) is 34.7. The summed E-state index contributed by atoms with van der Waals surface area (Å²) in [6.45, 7) is 16.7. The van der Waals surface area contributed by atoms with Crippen molar-refractivity contribution in [3.63, 3.8) is 0 Å². The van der Waals surface area contributed by atoms with E-state index in [-0.39, 0.29) is 11.1 Å². The number of methoxy groups -OCH3 is 1. The molecule has 4 saturated carbocycles. The molecule has 0 radical (unpaired) electrons. The van der Waals surface area contributed by atoms with Gasteiger partial charge in [-0.15, -0.1) is 0 Å². The molecule has 0 aliphatic heterocycles. The molecule has 6 rings (SSSR count). The number of hydrogen-bond acceptors (Lipinski definition) is 3. The number of hydrogen-bond donors (Lipinski definition) is 0. The van der Waals surface area contributed by atoms with E-state index in [2.05, 4.69) is 102 Å². The van der Waals surface area contributed by atoms with Crippen LogP contribution in [0.4, 0.5) is 0 Å². The highest BCUT2D eigenvalue weighted by molar-refractivity contribution is 7.23. The van der Waals surface area contributed by atoms with Crippen LogP contribution < -0.4 is 0 Å². The van der Waals surface area contributed by atoms with E-state index in [4.69, 9.17) is 9.16 Å². The van der Waals surface area contributed by atoms with Crippen LogP contribution in [0, 0.1) is 34.5 Å². The van der Waals surface area contributed by atoms with Crippen LogP contribution in [0.1, 0.15) is 86.0 Å². The molecule has 3 nitrogen and oxygen atoms in total. The zero-order chi connectivity index (χ0) is 32.5. The molecule has 2 aromatic carbocycles. The molecule has 0 aromatic heterocycles. The van der Waals surface area contributed by atoms with Crippen molar-refractivity contribution in [2.24, 2.45) is 34.5 Å². The van der Waals surface area contributed by atoms with Crippen molar-refractivity contribution < 1.29 is 13.7 Å². The van der Waals surface area contributed by atoms with Crippen LogP contribution >= 0.6 is 8.46 Å². The minimum atomic E-state index is -1.73. The van der Waals surface area contributed by atoms with Crippen LogP contribution in [-0.4, -0.2) is 33.8 Å². The Morgan fingerprint density at radius 2 is 1.62 bits per heavy atom. The van der Waals surface area contributed by atoms with Crippen molar-refractivity contribution >= 4 is 16.8 Å². The Kier molecular flexibility index (Phi) is 10.7. The van der Waals surface area contributed by atoms with Gasteiger partial charge in [0.1, 0.15) is 0 Å². The maximum atomic E-state index is 11.3. The summed E-state index contributed by atoms with van der Waals surface area (Å²) in [5.41, 5.74) is 4.92. The van der Waals surface area contributed by atoms with Gasteiger partial charge in [-0.1, -0.05) is 107 Å². The third kappa shape index (κ3) is 7.30. The quantitative estimate of drug-likeness (QED) is 0.154. The largest absolute Gasteiger partial charge is 0.414 e. The lowest BCUT2D eigenvalue weighted by Crippen LogP contribution is -2.44. The fourth-order valence-electron chi connectivity index (χ4n) is 9.32. The van der Waals surface area contributed by atoms with Crippen LogP contribution in [0.5, 0.6) is 0 Å². The summed E-state index contributed by atoms with van der Waals surface area (Å²) in [7, 11) is 0.515. The third-order valence-electron chi connectivity index (χ3n) is 12.9. The van der Waals surface area contributed by atoms with E-state index >= 15 is 0 Å². The first-order chi connectivity index (χ1) is 21.3. The number of allylic oxidation sites excluding steroid dienone is 1. The van der Waals surface area contributed by atoms with Gasteiger partial charge in [-0.25, -0.2) is 0 Å². The summed E-state index contributed by atoms with van der Waals surface area (Å²) in [6.07, 6.45) is 14.2. The molecule has 0 bridgehead atoms. The van der Waals surface area contributed by atoms with Crippen LogP contribution in [-0.2, 0) is 13.7 Å². The van der Waals surface area contributed by atoms with Gasteiger partial charge in [-0.3, -0.25) is 4.57 Å². The molecule has 4 fully saturated rings. The van der Waals surface area contributed by atoms with Gasteiger partial charge in [0.05, 0.1) is 6.10 Å². The van der Waals surface area contributed by atoms with E-state index in [9.17, 15) is 4.57 Å². The average molecular weight is 647 g/mol. The second kappa shape index (κ2) is 13.9. The molecule has 0 N–H and O–H groups in total. The zero-order valence-corrected chi connectivity index (χ0v) is 31.2. The molecule has 4 aliphatic carbocycles. The average Bonchev–Trinajstić information content (AvgIpc) is 3.38. The van der Waals surface area contributed by atoms with E-state index in [0.717, 1.165) is 12.1 Å². The van der Waals surface area contributed by atoms with Gasteiger partial charge < -0.3 is 9.16 Å². The van der Waals surface area contributed by atoms with E-state index in [1.165, 1.54) is 62.5 Å². The van der Waals surface area contributed by atoms with Crippen molar-refractivity contribution in [3.05, 3.63) is 72.3 Å². The lowest BCUT2D eigenvalue weighted by molar-refractivity contribution is 0.0568. The third-order valence-corrected chi connectivity index (χ3v) is 18.1. The van der Waals surface area contributed by atoms with Gasteiger partial charge >= 0.3 is 0 Å². The molecule has 0 saturated heterocycles. The SMILES string of the molecule is COC(/C=C1\CCC[C@@]2(C)C1CCC2[C@H](C)CP=O)C12CC1C[C@H](O[Si](C)(C)C(C)(C)C)C2.c1ccc(-c2ccccc2)cc1. The van der Waals surface area contributed by atoms with Gasteiger partial charge in [0, 0.05) is 24.8 Å². The molecule has 0 heterocycles. The van der Waals surface area contributed by atoms with Gasteiger partial charge in [-0.2, -0.15) is 0 Å². The smallest absolute Gasteiger partial charge is 0.192 e. The van der Waals surface area contributed by atoms with Crippen LogP contribution in [0.3, 0.4) is 0 Å². The van der Waals surface area contributed by atoms with Gasteiger partial charge in [0.25, 0.3) is 0 Å². The first-order valence-corrected chi connectivity index (χ1v) is 21.6. The minimum Gasteiger partial charge on any atom is -0.414 e. The summed E-state index contributed by atoms with van der Waals surface area (Å²) in [5.74, 6) is 2.71. The van der Waals surface area contributed by atoms with Crippen LogP contribution in [0.2, 0.25) is 18.1 Å². The highest BCUT2D eigenvalue weighted by atomic mass is 31.1. The van der Waals surface area contributed by atoms with Crippen molar-refractivity contribution in [2.45, 2.75) is 116 Å². The fraction of sp³-hybridized carbons (Fsp3) is 0.650. The minimum absolute atomic E-state index is 0.240. The molecule has 5 unspecified atom stereocenters. The summed E-state index contributed by atoms with van der Waals surface area (Å²) >= 11 is 0. The van der Waals surface area contributed by atoms with E-state index in [0.29, 0.717) is 43.1 Å². The molecule has 4 aliphatic rings. The van der Waals surface area contributed by atoms with Gasteiger partial charge in [0.15, 0.2) is 16.8 Å². The number of benzene rings is 2. The van der Waals surface area contributed by atoms with Crippen molar-refractivity contribution in [1.82, 2.24) is 0 Å². The molecule has 5 heteroatoms. The Hall–Kier alpha value is -1.58. The summed E-state index contributed by atoms with van der Waals surface area (Å²) in [5, 5.41) is 0.268. The van der Waals surface area contributed by atoms with E-state index < -0.39 is 8.32 Å². The maximum Gasteiger partial charge on any atom is 0.192 e. The lowest BCUT2D eigenvalue weighted by atomic mass is 9.61. The predicted molar refractivity (Wildman–Crippen MR) is 192 cm³/mol. The molecular formula is C40H59O3PSi. The van der Waals surface area contributed by atoms with Crippen molar-refractivity contribution in [2.75, 3.05) is 13.3 Å². The normalized spacial score (nSPS) is 33.2. The Morgan fingerprint density at radius 3 is 2.18 bits per heavy atom. The standard InChI is InChI=1S/C28H49O3PSi.C12H10/c1-19(18-32-29)23-11-12-24-20(10-9-13-27(23,24)5)14-25(30-6)28-16-21(28)15-22(17-28)31-33(7,8)26(2,3)4;1-3-7-11(8-4-1)12-9-5-2-6-10-12/h14,19,21-25H,9-13,15-18H2,1-8H3;1-10H/b20-14+;/t19-,21?,22+,23?,24?,25?,27-,28?;/m1./s1. The summed E-state index contributed by atoms with van der Waals surface area (Å²) < 4.78 is 24.4. The molecule has 45 heavy (non-hydrogen) atoms. The first-order valence-electron chi connectivity index (χ1n) is 17.7.